The number of fused-ring (bicyclic) bond motifs is 1. The zero-order valence-electron chi connectivity index (χ0n) is 16.4. The third kappa shape index (κ3) is 4.14. The molecule has 0 atom stereocenters. The molecule has 0 bridgehead atoms. The molecule has 0 spiro atoms. The number of hydrogen-bond donors (Lipinski definition) is 1. The molecule has 1 amide bonds. The molecule has 29 heavy (non-hydrogen) atoms. The third-order valence-corrected chi connectivity index (χ3v) is 5.26. The molecule has 0 radical (unpaired) electrons. The molecule has 1 fully saturated rings. The molecule has 1 aliphatic heterocycles. The van der Waals surface area contributed by atoms with E-state index < -0.39 is 5.97 Å². The lowest BCUT2D eigenvalue weighted by molar-refractivity contribution is 0.0600. The van der Waals surface area contributed by atoms with Crippen LogP contribution < -0.4 is 5.32 Å². The van der Waals surface area contributed by atoms with Crippen LogP contribution in [0, 0.1) is 0 Å². The van der Waals surface area contributed by atoms with E-state index in [1.807, 2.05) is 24.3 Å². The first kappa shape index (κ1) is 19.1. The van der Waals surface area contributed by atoms with Crippen molar-refractivity contribution in [3.8, 4) is 0 Å². The minimum absolute atomic E-state index is 0.312. The Morgan fingerprint density at radius 2 is 1.79 bits per heavy atom. The van der Waals surface area contributed by atoms with E-state index in [0.717, 1.165) is 37.2 Å². The Balaban J connectivity index is 1.59. The molecule has 4 rings (SSSR count). The molecule has 7 heteroatoms. The number of carbonyl (C=O) groups is 2. The molecule has 1 aromatic heterocycles. The predicted molar refractivity (Wildman–Crippen MR) is 111 cm³/mol. The number of imidazole rings is 1. The van der Waals surface area contributed by atoms with Gasteiger partial charge in [-0.15, -0.1) is 0 Å². The number of para-hydroxylation sites is 2. The summed E-state index contributed by atoms with van der Waals surface area (Å²) in [5.74, 6) is -0.273. The SMILES string of the molecule is COC(=O)c1cccc(C(=O)Nc2nc3ccccc3n2CCN2CCCC2)c1. The van der Waals surface area contributed by atoms with Gasteiger partial charge in [-0.3, -0.25) is 10.1 Å². The van der Waals surface area contributed by atoms with Crippen LogP contribution in [0.1, 0.15) is 33.6 Å². The summed E-state index contributed by atoms with van der Waals surface area (Å²) >= 11 is 0. The molecule has 0 saturated carbocycles. The molecule has 1 aliphatic rings. The molecule has 1 saturated heterocycles. The van der Waals surface area contributed by atoms with E-state index >= 15 is 0 Å². The average molecular weight is 392 g/mol. The van der Waals surface area contributed by atoms with Gasteiger partial charge in [0.2, 0.25) is 5.95 Å². The molecule has 2 heterocycles. The number of carbonyl (C=O) groups excluding carboxylic acids is 2. The molecule has 2 aromatic carbocycles. The van der Waals surface area contributed by atoms with Gasteiger partial charge in [0.1, 0.15) is 0 Å². The van der Waals surface area contributed by atoms with Crippen LogP contribution in [-0.2, 0) is 11.3 Å². The Morgan fingerprint density at radius 1 is 1.03 bits per heavy atom. The van der Waals surface area contributed by atoms with Crippen molar-refractivity contribution in [2.45, 2.75) is 19.4 Å². The van der Waals surface area contributed by atoms with Gasteiger partial charge in [0.25, 0.3) is 5.91 Å². The number of benzene rings is 2. The monoisotopic (exact) mass is 392 g/mol. The van der Waals surface area contributed by atoms with Gasteiger partial charge in [0.15, 0.2) is 0 Å². The van der Waals surface area contributed by atoms with E-state index in [1.54, 1.807) is 18.2 Å². The first-order valence-corrected chi connectivity index (χ1v) is 9.83. The van der Waals surface area contributed by atoms with Gasteiger partial charge >= 0.3 is 5.97 Å². The maximum atomic E-state index is 12.8. The van der Waals surface area contributed by atoms with Gasteiger partial charge in [0.05, 0.1) is 23.7 Å². The zero-order chi connectivity index (χ0) is 20.2. The first-order chi connectivity index (χ1) is 14.2. The number of hydrogen-bond acceptors (Lipinski definition) is 5. The first-order valence-electron chi connectivity index (χ1n) is 9.83. The fourth-order valence-electron chi connectivity index (χ4n) is 3.72. The molecular formula is C22H24N4O3. The number of amides is 1. The maximum Gasteiger partial charge on any atom is 0.337 e. The number of nitrogens with zero attached hydrogens (tertiary/aromatic N) is 3. The number of likely N-dealkylation sites (tertiary alicyclic amines) is 1. The number of esters is 1. The van der Waals surface area contributed by atoms with Gasteiger partial charge in [-0.25, -0.2) is 9.78 Å². The highest BCUT2D eigenvalue weighted by molar-refractivity contribution is 6.05. The molecule has 150 valence electrons. The Bertz CT molecular complexity index is 1040. The summed E-state index contributed by atoms with van der Waals surface area (Å²) in [7, 11) is 1.32. The highest BCUT2D eigenvalue weighted by Crippen LogP contribution is 2.21. The number of nitrogens with one attached hydrogen (secondary N) is 1. The molecule has 0 aliphatic carbocycles. The summed E-state index contributed by atoms with van der Waals surface area (Å²) in [6, 6.07) is 14.3. The molecule has 1 N–H and O–H groups in total. The van der Waals surface area contributed by atoms with Crippen molar-refractivity contribution in [1.82, 2.24) is 14.5 Å². The van der Waals surface area contributed by atoms with Crippen molar-refractivity contribution in [3.05, 3.63) is 59.7 Å². The van der Waals surface area contributed by atoms with Crippen molar-refractivity contribution in [1.29, 1.82) is 0 Å². The number of ether oxygens (including phenoxy) is 1. The van der Waals surface area contributed by atoms with E-state index in [9.17, 15) is 9.59 Å². The number of methoxy groups -OCH3 is 1. The fourth-order valence-corrected chi connectivity index (χ4v) is 3.72. The van der Waals surface area contributed by atoms with Gasteiger partial charge in [-0.1, -0.05) is 18.2 Å². The fraction of sp³-hybridized carbons (Fsp3) is 0.318. The van der Waals surface area contributed by atoms with Gasteiger partial charge in [0, 0.05) is 18.7 Å². The average Bonchev–Trinajstić information content (AvgIpc) is 3.39. The third-order valence-electron chi connectivity index (χ3n) is 5.26. The van der Waals surface area contributed by atoms with Crippen molar-refractivity contribution < 1.29 is 14.3 Å². The zero-order valence-corrected chi connectivity index (χ0v) is 16.4. The number of anilines is 1. The van der Waals surface area contributed by atoms with E-state index in [0.29, 0.717) is 17.1 Å². The van der Waals surface area contributed by atoms with Crippen LogP contribution in [-0.4, -0.2) is 53.1 Å². The van der Waals surface area contributed by atoms with E-state index in [1.165, 1.54) is 26.0 Å². The molecule has 0 unspecified atom stereocenters. The van der Waals surface area contributed by atoms with Crippen LogP contribution in [0.3, 0.4) is 0 Å². The van der Waals surface area contributed by atoms with E-state index in [4.69, 9.17) is 4.74 Å². The lowest BCUT2D eigenvalue weighted by atomic mass is 10.1. The minimum Gasteiger partial charge on any atom is -0.465 e. The van der Waals surface area contributed by atoms with Crippen molar-refractivity contribution in [3.63, 3.8) is 0 Å². The van der Waals surface area contributed by atoms with Gasteiger partial charge < -0.3 is 14.2 Å². The summed E-state index contributed by atoms with van der Waals surface area (Å²) in [6.45, 7) is 3.91. The second-order valence-electron chi connectivity index (χ2n) is 7.15. The standard InChI is InChI=1S/C22H24N4O3/c1-29-21(28)17-8-6-7-16(15-17)20(27)24-22-23-18-9-2-3-10-19(18)26(22)14-13-25-11-4-5-12-25/h2-3,6-10,15H,4-5,11-14H2,1H3,(H,23,24,27). The summed E-state index contributed by atoms with van der Waals surface area (Å²) in [5.41, 5.74) is 2.55. The van der Waals surface area contributed by atoms with Crippen LogP contribution in [0.2, 0.25) is 0 Å². The van der Waals surface area contributed by atoms with Gasteiger partial charge in [-0.05, 0) is 56.3 Å². The summed E-state index contributed by atoms with van der Waals surface area (Å²) in [5, 5.41) is 2.92. The van der Waals surface area contributed by atoms with E-state index in [2.05, 4.69) is 19.8 Å². The molecule has 7 nitrogen and oxygen atoms in total. The largest absolute Gasteiger partial charge is 0.465 e. The Morgan fingerprint density at radius 3 is 2.59 bits per heavy atom. The van der Waals surface area contributed by atoms with Crippen LogP contribution in [0.25, 0.3) is 11.0 Å². The smallest absolute Gasteiger partial charge is 0.337 e. The second-order valence-corrected chi connectivity index (χ2v) is 7.15. The Labute approximate surface area is 169 Å². The van der Waals surface area contributed by atoms with Crippen LogP contribution in [0.4, 0.5) is 5.95 Å². The van der Waals surface area contributed by atoms with Crippen molar-refractivity contribution in [2.75, 3.05) is 32.1 Å². The summed E-state index contributed by atoms with van der Waals surface area (Å²) < 4.78 is 6.79. The van der Waals surface area contributed by atoms with Crippen LogP contribution >= 0.6 is 0 Å². The lowest BCUT2D eigenvalue weighted by Crippen LogP contribution is -2.25. The normalized spacial score (nSPS) is 14.2. The maximum absolute atomic E-state index is 12.8. The second kappa shape index (κ2) is 8.45. The van der Waals surface area contributed by atoms with E-state index in [-0.39, 0.29) is 5.91 Å². The highest BCUT2D eigenvalue weighted by atomic mass is 16.5. The predicted octanol–water partition coefficient (Wildman–Crippen LogP) is 3.17. The minimum atomic E-state index is -0.475. The van der Waals surface area contributed by atoms with Crippen LogP contribution in [0.15, 0.2) is 48.5 Å². The number of aromatic nitrogens is 2. The molecule has 3 aromatic rings. The van der Waals surface area contributed by atoms with Crippen LogP contribution in [0.5, 0.6) is 0 Å². The van der Waals surface area contributed by atoms with Crippen molar-refractivity contribution >= 4 is 28.9 Å². The Kier molecular flexibility index (Phi) is 5.57. The summed E-state index contributed by atoms with van der Waals surface area (Å²) in [6.07, 6.45) is 2.48. The number of rotatable bonds is 6. The topological polar surface area (TPSA) is 76.5 Å². The lowest BCUT2D eigenvalue weighted by Gasteiger charge is -2.16. The quantitative estimate of drug-likeness (QED) is 0.652. The molecular weight excluding hydrogens is 368 g/mol. The summed E-state index contributed by atoms with van der Waals surface area (Å²) in [4.78, 5) is 31.6. The van der Waals surface area contributed by atoms with Gasteiger partial charge in [-0.2, -0.15) is 0 Å². The highest BCUT2D eigenvalue weighted by Gasteiger charge is 2.17. The van der Waals surface area contributed by atoms with Crippen molar-refractivity contribution in [2.24, 2.45) is 0 Å². The Hall–Kier alpha value is -3.19.